The van der Waals surface area contributed by atoms with Crippen LogP contribution >= 0.6 is 0 Å². The van der Waals surface area contributed by atoms with Gasteiger partial charge in [-0.25, -0.2) is 0 Å². The van der Waals surface area contributed by atoms with E-state index in [1.165, 1.54) is 142 Å². The lowest BCUT2D eigenvalue weighted by atomic mass is 10.1. The standard InChI is InChI=1S/C31H58N2O/c1-3-5-7-9-11-13-15-17-19-21-26-33(28-30-24-23-25-31(29-34)32-30)27-22-20-18-16-14-12-10-8-6-4-2/h23-25,34H,3-22,26-29H2,1-2H3. The summed E-state index contributed by atoms with van der Waals surface area (Å²) in [7, 11) is 0. The van der Waals surface area contributed by atoms with Gasteiger partial charge in [0.05, 0.1) is 18.0 Å². The Morgan fingerprint density at radius 2 is 0.941 bits per heavy atom. The second-order valence-electron chi connectivity index (χ2n) is 10.4. The molecule has 1 N–H and O–H groups in total. The molecule has 0 atom stereocenters. The van der Waals surface area contributed by atoms with E-state index >= 15 is 0 Å². The molecule has 0 saturated carbocycles. The van der Waals surface area contributed by atoms with Crippen LogP contribution in [0.25, 0.3) is 0 Å². The summed E-state index contributed by atoms with van der Waals surface area (Å²) in [5, 5.41) is 9.43. The quantitative estimate of drug-likeness (QED) is 0.143. The minimum absolute atomic E-state index is 0.0325. The molecule has 0 aliphatic rings. The Hall–Kier alpha value is -0.930. The van der Waals surface area contributed by atoms with Gasteiger partial charge in [0, 0.05) is 6.54 Å². The van der Waals surface area contributed by atoms with Crippen LogP contribution < -0.4 is 0 Å². The van der Waals surface area contributed by atoms with E-state index in [0.29, 0.717) is 0 Å². The highest BCUT2D eigenvalue weighted by molar-refractivity contribution is 5.10. The lowest BCUT2D eigenvalue weighted by Crippen LogP contribution is -2.26. The maximum absolute atomic E-state index is 9.43. The van der Waals surface area contributed by atoms with Crippen LogP contribution in [0.3, 0.4) is 0 Å². The number of aliphatic hydroxyl groups is 1. The molecule has 0 spiro atoms. The van der Waals surface area contributed by atoms with Crippen LogP contribution in [0.4, 0.5) is 0 Å². The Labute approximate surface area is 213 Å². The van der Waals surface area contributed by atoms with Gasteiger partial charge in [0.25, 0.3) is 0 Å². The topological polar surface area (TPSA) is 36.4 Å². The van der Waals surface area contributed by atoms with Crippen molar-refractivity contribution in [3.05, 3.63) is 29.6 Å². The van der Waals surface area contributed by atoms with Crippen LogP contribution in [-0.4, -0.2) is 28.1 Å². The second kappa shape index (κ2) is 23.8. The summed E-state index contributed by atoms with van der Waals surface area (Å²) >= 11 is 0. The maximum atomic E-state index is 9.43. The number of unbranched alkanes of at least 4 members (excludes halogenated alkanes) is 18. The molecule has 198 valence electrons. The van der Waals surface area contributed by atoms with Crippen LogP contribution in [0.1, 0.15) is 154 Å². The summed E-state index contributed by atoms with van der Waals surface area (Å²) in [6, 6.07) is 6.06. The first-order valence-corrected chi connectivity index (χ1v) is 15.1. The van der Waals surface area contributed by atoms with E-state index in [1.807, 2.05) is 12.1 Å². The zero-order chi connectivity index (χ0) is 24.5. The molecule has 1 heterocycles. The molecular formula is C31H58N2O. The Morgan fingerprint density at radius 1 is 0.559 bits per heavy atom. The third-order valence-corrected chi connectivity index (χ3v) is 7.07. The number of rotatable bonds is 25. The molecule has 0 saturated heterocycles. The van der Waals surface area contributed by atoms with E-state index in [2.05, 4.69) is 29.8 Å². The van der Waals surface area contributed by atoms with Gasteiger partial charge in [0.1, 0.15) is 0 Å². The molecule has 0 unspecified atom stereocenters. The van der Waals surface area contributed by atoms with Gasteiger partial charge in [-0.2, -0.15) is 0 Å². The highest BCUT2D eigenvalue weighted by atomic mass is 16.3. The van der Waals surface area contributed by atoms with E-state index in [0.717, 1.165) is 17.9 Å². The van der Waals surface area contributed by atoms with Crippen molar-refractivity contribution in [3.8, 4) is 0 Å². The van der Waals surface area contributed by atoms with Gasteiger partial charge in [-0.05, 0) is 38.1 Å². The van der Waals surface area contributed by atoms with Gasteiger partial charge in [-0.15, -0.1) is 0 Å². The van der Waals surface area contributed by atoms with Crippen LogP contribution in [0.5, 0.6) is 0 Å². The summed E-state index contributed by atoms with van der Waals surface area (Å²) < 4.78 is 0. The van der Waals surface area contributed by atoms with Gasteiger partial charge in [0.15, 0.2) is 0 Å². The minimum Gasteiger partial charge on any atom is -0.390 e. The average molecular weight is 475 g/mol. The van der Waals surface area contributed by atoms with Crippen molar-refractivity contribution in [1.29, 1.82) is 0 Å². The summed E-state index contributed by atoms with van der Waals surface area (Å²) in [4.78, 5) is 7.25. The zero-order valence-electron chi connectivity index (χ0n) is 23.0. The zero-order valence-corrected chi connectivity index (χ0v) is 23.0. The first-order valence-electron chi connectivity index (χ1n) is 15.1. The van der Waals surface area contributed by atoms with E-state index in [1.54, 1.807) is 0 Å². The number of aliphatic hydroxyl groups excluding tert-OH is 1. The predicted octanol–water partition coefficient (Wildman–Crippen LogP) is 9.22. The molecule has 0 aromatic carbocycles. The fourth-order valence-electron chi connectivity index (χ4n) is 4.85. The summed E-state index contributed by atoms with van der Waals surface area (Å²) in [6.07, 6.45) is 27.8. The summed E-state index contributed by atoms with van der Waals surface area (Å²) in [6.45, 7) is 7.89. The number of nitrogens with zero attached hydrogens (tertiary/aromatic N) is 2. The van der Waals surface area contributed by atoms with Crippen molar-refractivity contribution in [2.24, 2.45) is 0 Å². The van der Waals surface area contributed by atoms with E-state index in [9.17, 15) is 5.11 Å². The molecule has 3 heteroatoms. The molecule has 1 rings (SSSR count). The van der Waals surface area contributed by atoms with Crippen LogP contribution in [0, 0.1) is 0 Å². The first kappa shape index (κ1) is 31.1. The second-order valence-corrected chi connectivity index (χ2v) is 10.4. The molecule has 0 amide bonds. The monoisotopic (exact) mass is 474 g/mol. The van der Waals surface area contributed by atoms with Crippen molar-refractivity contribution in [2.75, 3.05) is 13.1 Å². The van der Waals surface area contributed by atoms with E-state index in [-0.39, 0.29) is 6.61 Å². The van der Waals surface area contributed by atoms with Crippen molar-refractivity contribution in [3.63, 3.8) is 0 Å². The van der Waals surface area contributed by atoms with Crippen molar-refractivity contribution >= 4 is 0 Å². The summed E-state index contributed by atoms with van der Waals surface area (Å²) in [5.74, 6) is 0. The van der Waals surface area contributed by atoms with Crippen molar-refractivity contribution in [2.45, 2.75) is 155 Å². The summed E-state index contributed by atoms with van der Waals surface area (Å²) in [5.41, 5.74) is 1.89. The van der Waals surface area contributed by atoms with Gasteiger partial charge in [-0.3, -0.25) is 9.88 Å². The fraction of sp³-hybridized carbons (Fsp3) is 0.839. The normalized spacial score (nSPS) is 11.5. The van der Waals surface area contributed by atoms with Crippen LogP contribution in [0.15, 0.2) is 18.2 Å². The first-order chi connectivity index (χ1) is 16.8. The average Bonchev–Trinajstić information content (AvgIpc) is 2.86. The van der Waals surface area contributed by atoms with Crippen LogP contribution in [0.2, 0.25) is 0 Å². The van der Waals surface area contributed by atoms with Gasteiger partial charge in [-0.1, -0.05) is 135 Å². The van der Waals surface area contributed by atoms with Gasteiger partial charge in [0.2, 0.25) is 0 Å². The Kier molecular flexibility index (Phi) is 21.8. The van der Waals surface area contributed by atoms with E-state index in [4.69, 9.17) is 0 Å². The smallest absolute Gasteiger partial charge is 0.0853 e. The molecule has 1 aromatic rings. The molecule has 3 nitrogen and oxygen atoms in total. The largest absolute Gasteiger partial charge is 0.390 e. The number of hydrogen-bond donors (Lipinski definition) is 1. The lowest BCUT2D eigenvalue weighted by Gasteiger charge is -2.22. The molecule has 0 aliphatic carbocycles. The van der Waals surface area contributed by atoms with Crippen molar-refractivity contribution < 1.29 is 5.11 Å². The Bertz CT molecular complexity index is 524. The molecule has 34 heavy (non-hydrogen) atoms. The number of hydrogen-bond acceptors (Lipinski definition) is 3. The molecule has 1 aromatic heterocycles. The van der Waals surface area contributed by atoms with Crippen molar-refractivity contribution in [1.82, 2.24) is 9.88 Å². The predicted molar refractivity (Wildman–Crippen MR) is 149 cm³/mol. The SMILES string of the molecule is CCCCCCCCCCCCN(CCCCCCCCCCCC)Cc1cccc(CO)n1. The highest BCUT2D eigenvalue weighted by Crippen LogP contribution is 2.14. The Morgan fingerprint density at radius 3 is 1.35 bits per heavy atom. The molecule has 0 radical (unpaired) electrons. The number of pyridine rings is 1. The maximum Gasteiger partial charge on any atom is 0.0853 e. The lowest BCUT2D eigenvalue weighted by molar-refractivity contribution is 0.247. The van der Waals surface area contributed by atoms with Crippen LogP contribution in [-0.2, 0) is 13.2 Å². The van der Waals surface area contributed by atoms with Gasteiger partial charge >= 0.3 is 0 Å². The molecule has 0 fully saturated rings. The molecule has 0 aliphatic heterocycles. The molecular weight excluding hydrogens is 416 g/mol. The fourth-order valence-corrected chi connectivity index (χ4v) is 4.85. The highest BCUT2D eigenvalue weighted by Gasteiger charge is 2.08. The number of aromatic nitrogens is 1. The molecule has 0 bridgehead atoms. The van der Waals surface area contributed by atoms with Gasteiger partial charge < -0.3 is 5.11 Å². The minimum atomic E-state index is 0.0325. The van der Waals surface area contributed by atoms with E-state index < -0.39 is 0 Å². The third kappa shape index (κ3) is 18.4. The third-order valence-electron chi connectivity index (χ3n) is 7.07. The Balaban J connectivity index is 2.23.